The molecule has 116 valence electrons. The molecule has 0 aliphatic carbocycles. The summed E-state index contributed by atoms with van der Waals surface area (Å²) in [6.07, 6.45) is 0.517. The first-order valence-electron chi connectivity index (χ1n) is 7.43. The lowest BCUT2D eigenvalue weighted by Gasteiger charge is -2.23. The van der Waals surface area contributed by atoms with E-state index in [1.807, 2.05) is 39.8 Å². The number of anilines is 1. The minimum atomic E-state index is -0.0138. The van der Waals surface area contributed by atoms with Gasteiger partial charge in [-0.2, -0.15) is 0 Å². The van der Waals surface area contributed by atoms with Crippen LogP contribution in [0.3, 0.4) is 0 Å². The van der Waals surface area contributed by atoms with Gasteiger partial charge in [-0.15, -0.1) is 0 Å². The Morgan fingerprint density at radius 2 is 1.90 bits per heavy atom. The van der Waals surface area contributed by atoms with E-state index in [2.05, 4.69) is 11.4 Å². The number of nitrogens with zero attached hydrogens (tertiary/aromatic N) is 1. The Kier molecular flexibility index (Phi) is 6.40. The molecule has 0 spiro atoms. The maximum absolute atomic E-state index is 11.8. The zero-order valence-corrected chi connectivity index (χ0v) is 13.7. The van der Waals surface area contributed by atoms with Gasteiger partial charge >= 0.3 is 0 Å². The van der Waals surface area contributed by atoms with Gasteiger partial charge in [0, 0.05) is 32.1 Å². The number of carbonyl (C=O) groups is 2. The van der Waals surface area contributed by atoms with Gasteiger partial charge in [-0.1, -0.05) is 31.5 Å². The fourth-order valence-electron chi connectivity index (χ4n) is 2.31. The molecule has 4 heteroatoms. The van der Waals surface area contributed by atoms with E-state index in [1.54, 1.807) is 11.8 Å². The number of hydrogen-bond donors (Lipinski definition) is 1. The molecule has 0 aliphatic heterocycles. The highest BCUT2D eigenvalue weighted by atomic mass is 16.2. The fourth-order valence-corrected chi connectivity index (χ4v) is 2.31. The van der Waals surface area contributed by atoms with Gasteiger partial charge in [-0.3, -0.25) is 9.59 Å². The third-order valence-electron chi connectivity index (χ3n) is 3.27. The van der Waals surface area contributed by atoms with Gasteiger partial charge in [0.1, 0.15) is 0 Å². The Labute approximate surface area is 127 Å². The Hall–Kier alpha value is -1.84. The van der Waals surface area contributed by atoms with Crippen LogP contribution in [0.5, 0.6) is 0 Å². The average molecular weight is 290 g/mol. The summed E-state index contributed by atoms with van der Waals surface area (Å²) >= 11 is 0. The van der Waals surface area contributed by atoms with Crippen LogP contribution in [-0.2, 0) is 9.59 Å². The summed E-state index contributed by atoms with van der Waals surface area (Å²) in [6, 6.07) is 6.01. The van der Waals surface area contributed by atoms with Crippen LogP contribution in [-0.4, -0.2) is 24.9 Å². The third kappa shape index (κ3) is 5.58. The normalized spacial score (nSPS) is 10.6. The minimum absolute atomic E-state index is 0.0138. The molecule has 1 rings (SSSR count). The van der Waals surface area contributed by atoms with Gasteiger partial charge < -0.3 is 10.2 Å². The van der Waals surface area contributed by atoms with Crippen molar-refractivity contribution in [3.05, 3.63) is 29.3 Å². The summed E-state index contributed by atoms with van der Waals surface area (Å²) in [5.41, 5.74) is 3.15. The number of rotatable bonds is 6. The summed E-state index contributed by atoms with van der Waals surface area (Å²) in [7, 11) is 0. The Balaban J connectivity index is 2.67. The van der Waals surface area contributed by atoms with Gasteiger partial charge in [-0.25, -0.2) is 0 Å². The van der Waals surface area contributed by atoms with Crippen molar-refractivity contribution in [2.75, 3.05) is 18.0 Å². The monoisotopic (exact) mass is 290 g/mol. The van der Waals surface area contributed by atoms with E-state index in [-0.39, 0.29) is 11.8 Å². The van der Waals surface area contributed by atoms with Crippen LogP contribution in [0.4, 0.5) is 5.69 Å². The molecule has 0 saturated heterocycles. The molecule has 2 amide bonds. The molecule has 1 aromatic carbocycles. The van der Waals surface area contributed by atoms with Gasteiger partial charge in [0.15, 0.2) is 0 Å². The molecule has 0 saturated carbocycles. The molecule has 4 nitrogen and oxygen atoms in total. The predicted octanol–water partition coefficient (Wildman–Crippen LogP) is 2.82. The summed E-state index contributed by atoms with van der Waals surface area (Å²) in [4.78, 5) is 25.2. The van der Waals surface area contributed by atoms with E-state index in [4.69, 9.17) is 0 Å². The summed E-state index contributed by atoms with van der Waals surface area (Å²) in [5, 5.41) is 2.87. The highest BCUT2D eigenvalue weighted by molar-refractivity contribution is 5.92. The van der Waals surface area contributed by atoms with Crippen LogP contribution < -0.4 is 10.2 Å². The molecule has 0 aliphatic rings. The van der Waals surface area contributed by atoms with Crippen molar-refractivity contribution in [1.82, 2.24) is 5.32 Å². The maximum atomic E-state index is 11.8. The molecular formula is C17H26N2O2. The number of aryl methyl sites for hydroxylation is 2. The molecule has 0 atom stereocenters. The summed E-state index contributed by atoms with van der Waals surface area (Å²) < 4.78 is 0. The average Bonchev–Trinajstić information content (AvgIpc) is 2.34. The van der Waals surface area contributed by atoms with Crippen molar-refractivity contribution >= 4 is 17.5 Å². The lowest BCUT2D eigenvalue weighted by atomic mass is 10.1. The van der Waals surface area contributed by atoms with Gasteiger partial charge in [0.2, 0.25) is 11.8 Å². The number of nitrogens with one attached hydrogen (secondary N) is 1. The topological polar surface area (TPSA) is 49.4 Å². The zero-order valence-electron chi connectivity index (χ0n) is 13.7. The lowest BCUT2D eigenvalue weighted by Crippen LogP contribution is -2.38. The predicted molar refractivity (Wildman–Crippen MR) is 86.4 cm³/mol. The van der Waals surface area contributed by atoms with Crippen LogP contribution in [0.25, 0.3) is 0 Å². The van der Waals surface area contributed by atoms with Gasteiger partial charge in [-0.05, 0) is 31.4 Å². The molecule has 0 aromatic heterocycles. The second-order valence-electron chi connectivity index (χ2n) is 5.91. The Bertz CT molecular complexity index is 510. The van der Waals surface area contributed by atoms with Crippen molar-refractivity contribution in [3.8, 4) is 0 Å². The van der Waals surface area contributed by atoms with E-state index in [1.165, 1.54) is 5.56 Å². The third-order valence-corrected chi connectivity index (χ3v) is 3.27. The fraction of sp³-hybridized carbons (Fsp3) is 0.529. The molecule has 1 aromatic rings. The number of benzene rings is 1. The molecule has 21 heavy (non-hydrogen) atoms. The van der Waals surface area contributed by atoms with Crippen molar-refractivity contribution in [1.29, 1.82) is 0 Å². The molecule has 1 N–H and O–H groups in total. The highest BCUT2D eigenvalue weighted by Crippen LogP contribution is 2.21. The smallest absolute Gasteiger partial charge is 0.223 e. The van der Waals surface area contributed by atoms with E-state index in [0.29, 0.717) is 25.4 Å². The van der Waals surface area contributed by atoms with Crippen LogP contribution in [0, 0.1) is 19.8 Å². The molecule has 0 unspecified atom stereocenters. The second kappa shape index (κ2) is 7.81. The van der Waals surface area contributed by atoms with E-state index < -0.39 is 0 Å². The highest BCUT2D eigenvalue weighted by Gasteiger charge is 2.14. The first kappa shape index (κ1) is 17.2. The molecular weight excluding hydrogens is 264 g/mol. The lowest BCUT2D eigenvalue weighted by molar-refractivity contribution is -0.122. The molecule has 0 heterocycles. The molecule has 0 bridgehead atoms. The summed E-state index contributed by atoms with van der Waals surface area (Å²) in [6.45, 7) is 10.6. The quantitative estimate of drug-likeness (QED) is 0.876. The number of amides is 2. The molecule has 0 radical (unpaired) electrons. The van der Waals surface area contributed by atoms with Gasteiger partial charge in [0.25, 0.3) is 0 Å². The van der Waals surface area contributed by atoms with Crippen molar-refractivity contribution in [2.24, 2.45) is 5.92 Å². The number of carbonyl (C=O) groups excluding carboxylic acids is 2. The standard InChI is InChI=1S/C17H26N2O2/c1-12(2)10-17(21)18-8-9-19(15(5)20)16-7-6-13(3)11-14(16)4/h6-7,11-12H,8-10H2,1-5H3,(H,18,21). The number of hydrogen-bond acceptors (Lipinski definition) is 2. The van der Waals surface area contributed by atoms with Gasteiger partial charge in [0.05, 0.1) is 0 Å². The minimum Gasteiger partial charge on any atom is -0.354 e. The Morgan fingerprint density at radius 3 is 2.43 bits per heavy atom. The van der Waals surface area contributed by atoms with Crippen molar-refractivity contribution in [3.63, 3.8) is 0 Å². The Morgan fingerprint density at radius 1 is 1.24 bits per heavy atom. The van der Waals surface area contributed by atoms with Crippen LogP contribution in [0.2, 0.25) is 0 Å². The maximum Gasteiger partial charge on any atom is 0.223 e. The molecule has 0 fully saturated rings. The van der Waals surface area contributed by atoms with Crippen molar-refractivity contribution < 1.29 is 9.59 Å². The first-order valence-corrected chi connectivity index (χ1v) is 7.43. The second-order valence-corrected chi connectivity index (χ2v) is 5.91. The zero-order chi connectivity index (χ0) is 16.0. The van der Waals surface area contributed by atoms with Crippen LogP contribution >= 0.6 is 0 Å². The van der Waals surface area contributed by atoms with Crippen LogP contribution in [0.15, 0.2) is 18.2 Å². The SMILES string of the molecule is CC(=O)N(CCNC(=O)CC(C)C)c1ccc(C)cc1C. The van der Waals surface area contributed by atoms with E-state index in [9.17, 15) is 9.59 Å². The first-order chi connectivity index (χ1) is 9.81. The largest absolute Gasteiger partial charge is 0.354 e. The summed E-state index contributed by atoms with van der Waals surface area (Å²) in [5.74, 6) is 0.363. The van der Waals surface area contributed by atoms with E-state index >= 15 is 0 Å². The van der Waals surface area contributed by atoms with Crippen molar-refractivity contribution in [2.45, 2.75) is 41.0 Å². The van der Waals surface area contributed by atoms with E-state index in [0.717, 1.165) is 11.3 Å². The van der Waals surface area contributed by atoms with Crippen LogP contribution in [0.1, 0.15) is 38.3 Å².